The molecule has 0 amide bonds. The molecule has 1 saturated heterocycles. The first kappa shape index (κ1) is 16.7. The number of fused-ring (bicyclic) bond motifs is 1. The summed E-state index contributed by atoms with van der Waals surface area (Å²) in [6.45, 7) is 2.37. The molecule has 4 rings (SSSR count). The third-order valence-corrected chi connectivity index (χ3v) is 5.52. The molecular formula is C19H25FN4O. The van der Waals surface area contributed by atoms with Gasteiger partial charge in [-0.25, -0.2) is 4.39 Å². The summed E-state index contributed by atoms with van der Waals surface area (Å²) in [7, 11) is 4.10. The first-order valence-corrected chi connectivity index (χ1v) is 8.95. The fourth-order valence-electron chi connectivity index (χ4n) is 4.17. The quantitative estimate of drug-likeness (QED) is 0.923. The van der Waals surface area contributed by atoms with Crippen molar-refractivity contribution in [2.75, 3.05) is 26.7 Å². The Morgan fingerprint density at radius 1 is 1.32 bits per heavy atom. The van der Waals surface area contributed by atoms with E-state index in [1.54, 1.807) is 12.1 Å². The van der Waals surface area contributed by atoms with Gasteiger partial charge in [-0.05, 0) is 49.2 Å². The molecule has 134 valence electrons. The Bertz CT molecular complexity index is 747. The molecule has 3 atom stereocenters. The maximum absolute atomic E-state index is 13.6. The number of benzene rings is 1. The van der Waals surface area contributed by atoms with Gasteiger partial charge in [0.05, 0.1) is 24.4 Å². The van der Waals surface area contributed by atoms with Gasteiger partial charge in [0.2, 0.25) is 0 Å². The van der Waals surface area contributed by atoms with Crippen LogP contribution < -0.4 is 5.32 Å². The number of nitrogens with zero attached hydrogens (tertiary/aromatic N) is 3. The van der Waals surface area contributed by atoms with Crippen molar-refractivity contribution < 1.29 is 9.13 Å². The first-order chi connectivity index (χ1) is 12.1. The SMILES string of the molecule is CN1CCO[C@@H](CNC2CCc3ccc(F)cc32)[C@@H]1c1ccnn1C. The first-order valence-electron chi connectivity index (χ1n) is 8.95. The van der Waals surface area contributed by atoms with E-state index in [1.807, 2.05) is 24.0 Å². The number of aromatic nitrogens is 2. The molecule has 6 heteroatoms. The third kappa shape index (κ3) is 3.21. The van der Waals surface area contributed by atoms with Crippen LogP contribution in [0.25, 0.3) is 0 Å². The number of rotatable bonds is 4. The second-order valence-corrected chi connectivity index (χ2v) is 7.06. The summed E-state index contributed by atoms with van der Waals surface area (Å²) in [5, 5.41) is 7.93. The normalized spacial score (nSPS) is 26.8. The zero-order chi connectivity index (χ0) is 17.4. The van der Waals surface area contributed by atoms with Crippen LogP contribution in [-0.4, -0.2) is 47.5 Å². The molecule has 1 N–H and O–H groups in total. The molecule has 1 fully saturated rings. The number of nitrogens with one attached hydrogen (secondary N) is 1. The van der Waals surface area contributed by atoms with E-state index in [0.29, 0.717) is 0 Å². The third-order valence-electron chi connectivity index (χ3n) is 5.52. The molecule has 1 aromatic carbocycles. The average Bonchev–Trinajstić information content (AvgIpc) is 3.19. The number of aryl methyl sites for hydroxylation is 2. The van der Waals surface area contributed by atoms with Gasteiger partial charge < -0.3 is 10.1 Å². The Labute approximate surface area is 147 Å². The average molecular weight is 344 g/mol. The van der Waals surface area contributed by atoms with Crippen LogP contribution in [-0.2, 0) is 18.2 Å². The zero-order valence-corrected chi connectivity index (χ0v) is 14.8. The van der Waals surface area contributed by atoms with E-state index in [2.05, 4.69) is 28.4 Å². The lowest BCUT2D eigenvalue weighted by molar-refractivity contribution is -0.0647. The summed E-state index contributed by atoms with van der Waals surface area (Å²) in [6, 6.07) is 7.57. The summed E-state index contributed by atoms with van der Waals surface area (Å²) in [5.74, 6) is -0.158. The van der Waals surface area contributed by atoms with E-state index in [9.17, 15) is 4.39 Å². The standard InChI is InChI=1S/C19H25FN4O/c1-23-9-10-25-18(19(23)17-7-8-22-24(17)2)12-21-16-6-4-13-3-5-14(20)11-15(13)16/h3,5,7-8,11,16,18-19,21H,4,6,9-10,12H2,1-2H3/t16?,18-,19-/m0/s1. The van der Waals surface area contributed by atoms with Crippen LogP contribution in [0.15, 0.2) is 30.5 Å². The van der Waals surface area contributed by atoms with Gasteiger partial charge in [-0.3, -0.25) is 9.58 Å². The van der Waals surface area contributed by atoms with Crippen LogP contribution in [0.4, 0.5) is 4.39 Å². The number of morpholine rings is 1. The van der Waals surface area contributed by atoms with Gasteiger partial charge in [-0.1, -0.05) is 6.07 Å². The molecular weight excluding hydrogens is 319 g/mol. The van der Waals surface area contributed by atoms with Gasteiger partial charge in [0.1, 0.15) is 5.82 Å². The van der Waals surface area contributed by atoms with Gasteiger partial charge in [0.15, 0.2) is 0 Å². The molecule has 1 unspecified atom stereocenters. The van der Waals surface area contributed by atoms with Crippen LogP contribution in [0, 0.1) is 5.82 Å². The molecule has 2 aromatic rings. The van der Waals surface area contributed by atoms with Crippen molar-refractivity contribution in [3.63, 3.8) is 0 Å². The highest BCUT2D eigenvalue weighted by Gasteiger charge is 2.34. The fourth-order valence-corrected chi connectivity index (χ4v) is 4.17. The van der Waals surface area contributed by atoms with Crippen molar-refractivity contribution in [1.29, 1.82) is 0 Å². The van der Waals surface area contributed by atoms with Crippen molar-refractivity contribution in [2.24, 2.45) is 7.05 Å². The topological polar surface area (TPSA) is 42.3 Å². The van der Waals surface area contributed by atoms with Crippen molar-refractivity contribution in [3.8, 4) is 0 Å². The Kier molecular flexibility index (Phi) is 4.58. The number of ether oxygens (including phenoxy) is 1. The minimum atomic E-state index is -0.158. The molecule has 0 saturated carbocycles. The minimum Gasteiger partial charge on any atom is -0.374 e. The summed E-state index contributed by atoms with van der Waals surface area (Å²) in [5.41, 5.74) is 3.51. The monoisotopic (exact) mass is 344 g/mol. The molecule has 2 aliphatic rings. The van der Waals surface area contributed by atoms with E-state index in [0.717, 1.165) is 43.8 Å². The smallest absolute Gasteiger partial charge is 0.123 e. The van der Waals surface area contributed by atoms with Crippen LogP contribution in [0.5, 0.6) is 0 Å². The highest BCUT2D eigenvalue weighted by molar-refractivity contribution is 5.35. The van der Waals surface area contributed by atoms with E-state index in [1.165, 1.54) is 5.56 Å². The number of hydrogen-bond donors (Lipinski definition) is 1. The predicted molar refractivity (Wildman–Crippen MR) is 93.8 cm³/mol. The van der Waals surface area contributed by atoms with E-state index in [-0.39, 0.29) is 24.0 Å². The second-order valence-electron chi connectivity index (χ2n) is 7.06. The molecule has 25 heavy (non-hydrogen) atoms. The molecule has 0 radical (unpaired) electrons. The van der Waals surface area contributed by atoms with Gasteiger partial charge in [-0.15, -0.1) is 0 Å². The van der Waals surface area contributed by atoms with Crippen LogP contribution in [0.2, 0.25) is 0 Å². The Morgan fingerprint density at radius 3 is 3.00 bits per heavy atom. The Hall–Kier alpha value is -1.76. The van der Waals surface area contributed by atoms with Gasteiger partial charge >= 0.3 is 0 Å². The molecule has 1 aromatic heterocycles. The fraction of sp³-hybridized carbons (Fsp3) is 0.526. The Morgan fingerprint density at radius 2 is 2.20 bits per heavy atom. The molecule has 1 aliphatic heterocycles. The summed E-state index contributed by atoms with van der Waals surface area (Å²) in [4.78, 5) is 2.33. The highest BCUT2D eigenvalue weighted by Crippen LogP contribution is 2.33. The molecule has 2 heterocycles. The van der Waals surface area contributed by atoms with E-state index in [4.69, 9.17) is 4.74 Å². The minimum absolute atomic E-state index is 0.0479. The molecule has 5 nitrogen and oxygen atoms in total. The largest absolute Gasteiger partial charge is 0.374 e. The van der Waals surface area contributed by atoms with Crippen LogP contribution in [0.1, 0.15) is 35.3 Å². The maximum atomic E-state index is 13.6. The predicted octanol–water partition coefficient (Wildman–Crippen LogP) is 2.21. The van der Waals surface area contributed by atoms with Gasteiger partial charge in [-0.2, -0.15) is 5.10 Å². The lowest BCUT2D eigenvalue weighted by Gasteiger charge is -2.39. The lowest BCUT2D eigenvalue weighted by Crippen LogP contribution is -2.48. The summed E-state index contributed by atoms with van der Waals surface area (Å²) >= 11 is 0. The van der Waals surface area contributed by atoms with E-state index >= 15 is 0 Å². The molecule has 1 aliphatic carbocycles. The summed E-state index contributed by atoms with van der Waals surface area (Å²) < 4.78 is 21.6. The van der Waals surface area contributed by atoms with Crippen LogP contribution in [0.3, 0.4) is 0 Å². The van der Waals surface area contributed by atoms with Gasteiger partial charge in [0.25, 0.3) is 0 Å². The number of hydrogen-bond acceptors (Lipinski definition) is 4. The van der Waals surface area contributed by atoms with Gasteiger partial charge in [0, 0.05) is 32.4 Å². The summed E-state index contributed by atoms with van der Waals surface area (Å²) in [6.07, 6.45) is 3.89. The highest BCUT2D eigenvalue weighted by atomic mass is 19.1. The van der Waals surface area contributed by atoms with Crippen molar-refractivity contribution in [2.45, 2.75) is 31.0 Å². The molecule has 0 bridgehead atoms. The lowest BCUT2D eigenvalue weighted by atomic mass is 10.0. The second kappa shape index (κ2) is 6.86. The van der Waals surface area contributed by atoms with Crippen molar-refractivity contribution >= 4 is 0 Å². The van der Waals surface area contributed by atoms with Crippen molar-refractivity contribution in [1.82, 2.24) is 20.0 Å². The van der Waals surface area contributed by atoms with Crippen molar-refractivity contribution in [3.05, 3.63) is 53.1 Å². The van der Waals surface area contributed by atoms with E-state index < -0.39 is 0 Å². The zero-order valence-electron chi connectivity index (χ0n) is 14.8. The maximum Gasteiger partial charge on any atom is 0.123 e. The molecule has 0 spiro atoms. The number of halogens is 1. The van der Waals surface area contributed by atoms with Crippen LogP contribution >= 0.6 is 0 Å². The number of likely N-dealkylation sites (N-methyl/N-ethyl adjacent to an activating group) is 1. The Balaban J connectivity index is 1.49.